The maximum Gasteiger partial charge on any atom is 0.345 e. The lowest BCUT2D eigenvalue weighted by Gasteiger charge is -2.38. The number of hydrogen-bond donors (Lipinski definition) is 0. The smallest absolute Gasteiger partial charge is 0.345 e. The van der Waals surface area contributed by atoms with E-state index in [4.69, 9.17) is 13.6 Å². The van der Waals surface area contributed by atoms with Crippen LogP contribution in [-0.4, -0.2) is 25.9 Å². The van der Waals surface area contributed by atoms with Gasteiger partial charge in [-0.2, -0.15) is 0 Å². The largest absolute Gasteiger partial charge is 0.466 e. The van der Waals surface area contributed by atoms with E-state index >= 15 is 0 Å². The van der Waals surface area contributed by atoms with Crippen molar-refractivity contribution in [3.05, 3.63) is 52.0 Å². The summed E-state index contributed by atoms with van der Waals surface area (Å²) in [6.07, 6.45) is -0.659. The van der Waals surface area contributed by atoms with Crippen LogP contribution in [-0.2, 0) is 20.4 Å². The topological polar surface area (TPSA) is 78.6 Å². The van der Waals surface area contributed by atoms with E-state index in [0.717, 1.165) is 0 Å². The Kier molecular flexibility index (Phi) is 7.18. The number of hydrogen-bond acceptors (Lipinski definition) is 6. The third kappa shape index (κ3) is 5.64. The summed E-state index contributed by atoms with van der Waals surface area (Å²) >= 11 is 0. The molecule has 7 heteroatoms. The second-order valence-corrected chi connectivity index (χ2v) is 13.3. The normalized spacial score (nSPS) is 13.2. The Morgan fingerprint density at radius 2 is 1.83 bits per heavy atom. The summed E-state index contributed by atoms with van der Waals surface area (Å²) in [5.41, 5.74) is 0.746. The van der Waals surface area contributed by atoms with E-state index in [1.54, 1.807) is 19.1 Å². The van der Waals surface area contributed by atoms with Crippen LogP contribution in [0.4, 0.5) is 0 Å². The molecule has 0 saturated carbocycles. The molecule has 1 aromatic heterocycles. The first kappa shape index (κ1) is 23.0. The van der Waals surface area contributed by atoms with E-state index in [9.17, 15) is 9.59 Å². The molecule has 0 unspecified atom stereocenters. The molecule has 29 heavy (non-hydrogen) atoms. The molecule has 0 aliphatic carbocycles. The van der Waals surface area contributed by atoms with Gasteiger partial charge < -0.3 is 13.6 Å². The van der Waals surface area contributed by atoms with Crippen LogP contribution in [0, 0.1) is 0 Å². The zero-order chi connectivity index (χ0) is 21.8. The fourth-order valence-electron chi connectivity index (χ4n) is 2.73. The van der Waals surface area contributed by atoms with Crippen LogP contribution in [0.3, 0.4) is 0 Å². The van der Waals surface area contributed by atoms with Crippen molar-refractivity contribution in [3.63, 3.8) is 0 Å². The predicted molar refractivity (Wildman–Crippen MR) is 115 cm³/mol. The summed E-state index contributed by atoms with van der Waals surface area (Å²) in [5, 5.41) is -0.0276. The summed E-state index contributed by atoms with van der Waals surface area (Å²) in [6.45, 7) is 14.4. The number of rotatable bonds is 7. The van der Waals surface area contributed by atoms with Crippen LogP contribution in [0.25, 0.3) is 11.5 Å². The van der Waals surface area contributed by atoms with Crippen LogP contribution in [0.5, 0.6) is 0 Å². The molecular formula is C22H31NO5Si. The zero-order valence-corrected chi connectivity index (χ0v) is 19.4. The summed E-state index contributed by atoms with van der Waals surface area (Å²) < 4.78 is 17.0. The second kappa shape index (κ2) is 9.05. The molecule has 0 radical (unpaired) electrons. The monoisotopic (exact) mass is 417 g/mol. The van der Waals surface area contributed by atoms with E-state index in [2.05, 4.69) is 38.8 Å². The van der Waals surface area contributed by atoms with Gasteiger partial charge in [0.2, 0.25) is 5.89 Å². The van der Waals surface area contributed by atoms with Crippen LogP contribution in [0.15, 0.2) is 39.5 Å². The number of carbonyl (C=O) groups excluding carboxylic acids is 1. The molecule has 6 nitrogen and oxygen atoms in total. The van der Waals surface area contributed by atoms with Gasteiger partial charge in [0.15, 0.2) is 8.32 Å². The van der Waals surface area contributed by atoms with Crippen LogP contribution in [0.1, 0.15) is 52.0 Å². The van der Waals surface area contributed by atoms with Crippen molar-refractivity contribution >= 4 is 14.3 Å². The highest BCUT2D eigenvalue weighted by Crippen LogP contribution is 2.39. The van der Waals surface area contributed by atoms with Gasteiger partial charge in [0, 0.05) is 5.56 Å². The molecule has 0 spiro atoms. The highest BCUT2D eigenvalue weighted by Gasteiger charge is 2.39. The average molecular weight is 418 g/mol. The number of ether oxygens (including phenoxy) is 1. The highest BCUT2D eigenvalue weighted by molar-refractivity contribution is 6.74. The molecule has 0 saturated heterocycles. The molecule has 2 aromatic rings. The Labute approximate surface area is 173 Å². The van der Waals surface area contributed by atoms with Gasteiger partial charge in [-0.1, -0.05) is 39.0 Å². The van der Waals surface area contributed by atoms with Crippen molar-refractivity contribution < 1.29 is 18.4 Å². The molecule has 1 heterocycles. The number of carbonyl (C=O) groups is 1. The van der Waals surface area contributed by atoms with Crippen LogP contribution >= 0.6 is 0 Å². The van der Waals surface area contributed by atoms with Gasteiger partial charge in [-0.15, -0.1) is 0 Å². The Bertz CT molecular complexity index is 900. The second-order valence-electron chi connectivity index (χ2n) is 8.54. The average Bonchev–Trinajstić information content (AvgIpc) is 2.60. The summed E-state index contributed by atoms with van der Waals surface area (Å²) in [5.74, 6) is -0.261. The molecule has 1 aromatic carbocycles. The first-order chi connectivity index (χ1) is 13.5. The number of aromatic nitrogens is 1. The summed E-state index contributed by atoms with van der Waals surface area (Å²) in [6, 6.07) is 9.13. The van der Waals surface area contributed by atoms with E-state index in [0.29, 0.717) is 11.3 Å². The Morgan fingerprint density at radius 1 is 1.21 bits per heavy atom. The first-order valence-electron chi connectivity index (χ1n) is 9.89. The summed E-state index contributed by atoms with van der Waals surface area (Å²) in [4.78, 5) is 29.6. The predicted octanol–water partition coefficient (Wildman–Crippen LogP) is 4.89. The third-order valence-corrected chi connectivity index (χ3v) is 9.83. The number of benzene rings is 1. The SMILES string of the molecule is CCOC(=O)Cc1nc(-c2ccccc2)oc(=O)c1[C@@H](C)O[Si](C)(C)C(C)(C)C. The Hall–Kier alpha value is -2.25. The lowest BCUT2D eigenvalue weighted by molar-refractivity contribution is -0.142. The Morgan fingerprint density at radius 3 is 2.38 bits per heavy atom. The fourth-order valence-corrected chi connectivity index (χ4v) is 4.09. The molecular weight excluding hydrogens is 386 g/mol. The van der Waals surface area contributed by atoms with Gasteiger partial charge in [0.05, 0.1) is 30.4 Å². The minimum atomic E-state index is -2.15. The standard InChI is InChI=1S/C22H31NO5Si/c1-8-26-18(24)14-17-19(15(2)28-29(6,7)22(3,4)5)21(25)27-20(23-17)16-12-10-9-11-13-16/h9-13,15H,8,14H2,1-7H3/t15-/m1/s1. The molecule has 2 rings (SSSR count). The van der Waals surface area contributed by atoms with Crippen molar-refractivity contribution in [3.8, 4) is 11.5 Å². The van der Waals surface area contributed by atoms with Gasteiger partial charge in [0.1, 0.15) is 0 Å². The maximum atomic E-state index is 12.9. The van der Waals surface area contributed by atoms with E-state index < -0.39 is 26.0 Å². The molecule has 1 atom stereocenters. The van der Waals surface area contributed by atoms with Gasteiger partial charge in [-0.25, -0.2) is 9.78 Å². The van der Waals surface area contributed by atoms with E-state index in [1.807, 2.05) is 25.1 Å². The van der Waals surface area contributed by atoms with E-state index in [1.165, 1.54) is 0 Å². The minimum Gasteiger partial charge on any atom is -0.466 e. The molecule has 0 bridgehead atoms. The third-order valence-electron chi connectivity index (χ3n) is 5.28. The first-order valence-corrected chi connectivity index (χ1v) is 12.8. The van der Waals surface area contributed by atoms with Crippen molar-refractivity contribution in [2.75, 3.05) is 6.61 Å². The Balaban J connectivity index is 2.52. The van der Waals surface area contributed by atoms with Crippen LogP contribution in [0.2, 0.25) is 18.1 Å². The fraction of sp³-hybridized carbons (Fsp3) is 0.500. The molecule has 0 aliphatic heterocycles. The quantitative estimate of drug-likeness (QED) is 0.471. The lowest BCUT2D eigenvalue weighted by atomic mass is 10.1. The minimum absolute atomic E-state index is 0.0276. The molecule has 0 amide bonds. The van der Waals surface area contributed by atoms with Gasteiger partial charge in [-0.05, 0) is 44.1 Å². The van der Waals surface area contributed by atoms with Crippen molar-refractivity contribution in [1.82, 2.24) is 4.98 Å². The molecule has 0 N–H and O–H groups in total. The van der Waals surface area contributed by atoms with Crippen LogP contribution < -0.4 is 5.63 Å². The zero-order valence-electron chi connectivity index (χ0n) is 18.4. The van der Waals surface area contributed by atoms with Crippen molar-refractivity contribution in [1.29, 1.82) is 0 Å². The van der Waals surface area contributed by atoms with Gasteiger partial charge >= 0.3 is 11.6 Å². The maximum absolute atomic E-state index is 12.9. The van der Waals surface area contributed by atoms with Crippen molar-refractivity contribution in [2.45, 2.75) is 65.3 Å². The van der Waals surface area contributed by atoms with Crippen molar-refractivity contribution in [2.24, 2.45) is 0 Å². The highest BCUT2D eigenvalue weighted by atomic mass is 28.4. The molecule has 0 aliphatic rings. The number of esters is 1. The van der Waals surface area contributed by atoms with E-state index in [-0.39, 0.29) is 29.5 Å². The van der Waals surface area contributed by atoms with Gasteiger partial charge in [-0.3, -0.25) is 4.79 Å². The number of nitrogens with zero attached hydrogens (tertiary/aromatic N) is 1. The van der Waals surface area contributed by atoms with Gasteiger partial charge in [0.25, 0.3) is 0 Å². The summed E-state index contributed by atoms with van der Waals surface area (Å²) in [7, 11) is -2.15. The molecule has 158 valence electrons. The lowest BCUT2D eigenvalue weighted by Crippen LogP contribution is -2.42. The molecule has 0 fully saturated rings.